The normalized spacial score (nSPS) is 17.4. The summed E-state index contributed by atoms with van der Waals surface area (Å²) in [5.41, 5.74) is 2.55. The van der Waals surface area contributed by atoms with Crippen molar-refractivity contribution in [3.05, 3.63) is 58.7 Å². The van der Waals surface area contributed by atoms with Crippen LogP contribution in [0.25, 0.3) is 0 Å². The fourth-order valence-corrected chi connectivity index (χ4v) is 2.93. The van der Waals surface area contributed by atoms with Gasteiger partial charge in [-0.15, -0.1) is 0 Å². The molecule has 0 radical (unpaired) electrons. The predicted octanol–water partition coefficient (Wildman–Crippen LogP) is 2.90. The number of rotatable bonds is 0. The van der Waals surface area contributed by atoms with Crippen molar-refractivity contribution in [2.75, 3.05) is 0 Å². The summed E-state index contributed by atoms with van der Waals surface area (Å²) in [7, 11) is 0. The van der Waals surface area contributed by atoms with Crippen LogP contribution in [0, 0.1) is 0 Å². The lowest BCUT2D eigenvalue weighted by Crippen LogP contribution is -2.35. The zero-order chi connectivity index (χ0) is 14.8. The van der Waals surface area contributed by atoms with E-state index in [-0.39, 0.29) is 11.5 Å². The zero-order valence-corrected chi connectivity index (χ0v) is 11.7. The molecule has 0 atom stereocenters. The van der Waals surface area contributed by atoms with Crippen LogP contribution in [-0.4, -0.2) is 22.3 Å². The Balaban J connectivity index is 2.12. The molecule has 21 heavy (non-hydrogen) atoms. The van der Waals surface area contributed by atoms with Crippen LogP contribution in [0.5, 0.6) is 11.5 Å². The summed E-state index contributed by atoms with van der Waals surface area (Å²) in [5.74, 6) is 0.712. The maximum Gasteiger partial charge on any atom is 0.195 e. The van der Waals surface area contributed by atoms with Gasteiger partial charge in [0, 0.05) is 16.7 Å². The van der Waals surface area contributed by atoms with Crippen molar-refractivity contribution in [3.8, 4) is 11.5 Å². The Morgan fingerprint density at radius 2 is 1.90 bits per heavy atom. The summed E-state index contributed by atoms with van der Waals surface area (Å²) < 4.78 is 5.86. The molecule has 0 unspecified atom stereocenters. The molecule has 0 saturated heterocycles. The van der Waals surface area contributed by atoms with Crippen LogP contribution in [0.1, 0.15) is 40.9 Å². The SMILES string of the molecule is CC1(C)N=C2c3cc(O)ccc3C(=O)c3cccc(c32)O1. The van der Waals surface area contributed by atoms with E-state index in [1.165, 1.54) is 6.07 Å². The molecule has 0 spiro atoms. The number of aliphatic imine (C=N–C) groups is 1. The number of fused-ring (bicyclic) bond motifs is 2. The second-order valence-electron chi connectivity index (χ2n) is 5.75. The van der Waals surface area contributed by atoms with Gasteiger partial charge in [0.25, 0.3) is 0 Å². The molecule has 1 N–H and O–H groups in total. The van der Waals surface area contributed by atoms with Gasteiger partial charge in [-0.25, -0.2) is 4.99 Å². The van der Waals surface area contributed by atoms with Crippen molar-refractivity contribution in [1.82, 2.24) is 0 Å². The Kier molecular flexibility index (Phi) is 2.15. The first-order chi connectivity index (χ1) is 9.96. The van der Waals surface area contributed by atoms with E-state index in [0.717, 1.165) is 5.56 Å². The van der Waals surface area contributed by atoms with Crippen molar-refractivity contribution in [3.63, 3.8) is 0 Å². The first-order valence-electron chi connectivity index (χ1n) is 6.77. The molecule has 0 amide bonds. The number of nitrogens with zero attached hydrogens (tertiary/aromatic N) is 1. The van der Waals surface area contributed by atoms with Gasteiger partial charge in [0.15, 0.2) is 11.5 Å². The Morgan fingerprint density at radius 3 is 2.71 bits per heavy atom. The van der Waals surface area contributed by atoms with Gasteiger partial charge < -0.3 is 9.84 Å². The van der Waals surface area contributed by atoms with Crippen molar-refractivity contribution in [2.45, 2.75) is 19.6 Å². The number of hydrogen-bond donors (Lipinski definition) is 1. The van der Waals surface area contributed by atoms with E-state index in [1.54, 1.807) is 18.2 Å². The van der Waals surface area contributed by atoms with Gasteiger partial charge in [-0.3, -0.25) is 4.79 Å². The van der Waals surface area contributed by atoms with E-state index in [9.17, 15) is 9.90 Å². The van der Waals surface area contributed by atoms with Crippen molar-refractivity contribution in [2.24, 2.45) is 4.99 Å². The van der Waals surface area contributed by atoms with Crippen LogP contribution < -0.4 is 4.74 Å². The molecule has 1 heterocycles. The fourth-order valence-electron chi connectivity index (χ4n) is 2.93. The first kappa shape index (κ1) is 12.1. The quantitative estimate of drug-likeness (QED) is 0.688. The Hall–Kier alpha value is -2.62. The van der Waals surface area contributed by atoms with E-state index in [4.69, 9.17) is 4.74 Å². The molecule has 4 rings (SSSR count). The summed E-state index contributed by atoms with van der Waals surface area (Å²) >= 11 is 0. The number of ketones is 1. The van der Waals surface area contributed by atoms with Crippen molar-refractivity contribution < 1.29 is 14.6 Å². The van der Waals surface area contributed by atoms with Crippen molar-refractivity contribution >= 4 is 11.5 Å². The number of aromatic hydroxyl groups is 1. The number of carbonyl (C=O) groups excluding carboxylic acids is 1. The highest BCUT2D eigenvalue weighted by molar-refractivity contribution is 6.31. The minimum absolute atomic E-state index is 0.0656. The number of hydrogen-bond acceptors (Lipinski definition) is 4. The Morgan fingerprint density at radius 1 is 1.10 bits per heavy atom. The first-order valence-corrected chi connectivity index (χ1v) is 6.77. The molecule has 4 nitrogen and oxygen atoms in total. The number of benzene rings is 2. The van der Waals surface area contributed by atoms with Crippen LogP contribution in [-0.2, 0) is 0 Å². The number of ether oxygens (including phenoxy) is 1. The summed E-state index contributed by atoms with van der Waals surface area (Å²) in [4.78, 5) is 17.3. The van der Waals surface area contributed by atoms with Crippen LogP contribution in [0.4, 0.5) is 0 Å². The molecule has 0 bridgehead atoms. The van der Waals surface area contributed by atoms with Crippen molar-refractivity contribution in [1.29, 1.82) is 0 Å². The maximum atomic E-state index is 12.6. The smallest absolute Gasteiger partial charge is 0.195 e. The molecule has 4 heteroatoms. The lowest BCUT2D eigenvalue weighted by Gasteiger charge is -2.33. The molecule has 2 aromatic rings. The highest BCUT2D eigenvalue weighted by atomic mass is 16.5. The highest BCUT2D eigenvalue weighted by Gasteiger charge is 2.37. The minimum atomic E-state index is -0.704. The summed E-state index contributed by atoms with van der Waals surface area (Å²) in [6.07, 6.45) is 0. The molecule has 104 valence electrons. The molecule has 2 aromatic carbocycles. The van der Waals surface area contributed by atoms with Gasteiger partial charge in [-0.05, 0) is 38.1 Å². The third-order valence-corrected chi connectivity index (χ3v) is 3.75. The third kappa shape index (κ3) is 1.62. The average molecular weight is 279 g/mol. The van der Waals surface area contributed by atoms with Gasteiger partial charge in [0.05, 0.1) is 11.3 Å². The number of phenols is 1. The summed E-state index contributed by atoms with van der Waals surface area (Å²) in [6.45, 7) is 3.74. The van der Waals surface area contributed by atoms with E-state index in [0.29, 0.717) is 28.2 Å². The Labute approximate surface area is 121 Å². The monoisotopic (exact) mass is 279 g/mol. The van der Waals surface area contributed by atoms with Gasteiger partial charge in [-0.1, -0.05) is 12.1 Å². The van der Waals surface area contributed by atoms with E-state index < -0.39 is 5.72 Å². The molecular weight excluding hydrogens is 266 g/mol. The number of phenolic OH excluding ortho intramolecular Hbond substituents is 1. The molecule has 0 saturated carbocycles. The maximum absolute atomic E-state index is 12.6. The van der Waals surface area contributed by atoms with Gasteiger partial charge in [0.2, 0.25) is 0 Å². The summed E-state index contributed by atoms with van der Waals surface area (Å²) in [6, 6.07) is 10.2. The second kappa shape index (κ2) is 3.73. The van der Waals surface area contributed by atoms with Gasteiger partial charge in [-0.2, -0.15) is 0 Å². The average Bonchev–Trinajstić information content (AvgIpc) is 2.43. The zero-order valence-electron chi connectivity index (χ0n) is 11.7. The predicted molar refractivity (Wildman–Crippen MR) is 78.3 cm³/mol. The van der Waals surface area contributed by atoms with Crippen LogP contribution in [0.2, 0.25) is 0 Å². The minimum Gasteiger partial charge on any atom is -0.508 e. The van der Waals surface area contributed by atoms with Gasteiger partial charge in [0.1, 0.15) is 11.5 Å². The van der Waals surface area contributed by atoms with Gasteiger partial charge >= 0.3 is 0 Å². The molecule has 2 aliphatic rings. The lowest BCUT2D eigenvalue weighted by atomic mass is 9.82. The molecular formula is C17H13NO3. The van der Waals surface area contributed by atoms with E-state index >= 15 is 0 Å². The van der Waals surface area contributed by atoms with Crippen LogP contribution in [0.15, 0.2) is 41.4 Å². The lowest BCUT2D eigenvalue weighted by molar-refractivity contribution is 0.102. The highest BCUT2D eigenvalue weighted by Crippen LogP contribution is 2.40. The summed E-state index contributed by atoms with van der Waals surface area (Å²) in [5, 5.41) is 9.76. The molecule has 1 aliphatic heterocycles. The third-order valence-electron chi connectivity index (χ3n) is 3.75. The molecule has 0 aromatic heterocycles. The second-order valence-corrected chi connectivity index (χ2v) is 5.75. The van der Waals surface area contributed by atoms with E-state index in [2.05, 4.69) is 4.99 Å². The van der Waals surface area contributed by atoms with Crippen LogP contribution >= 0.6 is 0 Å². The Bertz CT molecular complexity index is 834. The molecule has 0 fully saturated rings. The fraction of sp³-hybridized carbons (Fsp3) is 0.176. The number of carbonyl (C=O) groups is 1. The van der Waals surface area contributed by atoms with E-state index in [1.807, 2.05) is 26.0 Å². The molecule has 1 aliphatic carbocycles. The largest absolute Gasteiger partial charge is 0.508 e. The van der Waals surface area contributed by atoms with Crippen LogP contribution in [0.3, 0.4) is 0 Å². The topological polar surface area (TPSA) is 58.9 Å². The standard InChI is InChI=1S/C17H13NO3/c1-17(2)18-15-12-8-9(19)6-7-10(12)16(20)11-4-3-5-13(21-17)14(11)15/h3-8,19H,1-2H3.